The van der Waals surface area contributed by atoms with Crippen LogP contribution in [-0.4, -0.2) is 18.4 Å². The third kappa shape index (κ3) is 3.00. The van der Waals surface area contributed by atoms with Crippen molar-refractivity contribution in [2.75, 3.05) is 10.5 Å². The molecule has 0 aliphatic carbocycles. The molecule has 0 bridgehead atoms. The maximum Gasteiger partial charge on any atom is 0.266 e. The van der Waals surface area contributed by atoms with Crippen LogP contribution in [0.25, 0.3) is 0 Å². The van der Waals surface area contributed by atoms with Crippen molar-refractivity contribution in [2.45, 2.75) is 18.7 Å². The van der Waals surface area contributed by atoms with Crippen molar-refractivity contribution < 1.29 is 8.42 Å². The summed E-state index contributed by atoms with van der Waals surface area (Å²) in [6, 6.07) is 6.39. The highest BCUT2D eigenvalue weighted by molar-refractivity contribution is 7.93. The lowest BCUT2D eigenvalue weighted by Gasteiger charge is -2.11. The van der Waals surface area contributed by atoms with Crippen molar-refractivity contribution in [1.29, 1.82) is 0 Å². The predicted molar refractivity (Wildman–Crippen MR) is 78.2 cm³/mol. The van der Waals surface area contributed by atoms with Crippen LogP contribution in [0.2, 0.25) is 5.15 Å². The standard InChI is InChI=1S/C12H13ClN4O2S/c1-7-4-3-5-9(14)11(7)20(18,19)17-12-15-8(2)6-10(13)16-12/h3-6H,14H2,1-2H3,(H,15,16,17). The van der Waals surface area contributed by atoms with Gasteiger partial charge in [-0.2, -0.15) is 0 Å². The number of aryl methyl sites for hydroxylation is 2. The molecule has 1 heterocycles. The minimum Gasteiger partial charge on any atom is -0.398 e. The first kappa shape index (κ1) is 14.5. The fraction of sp³-hybridized carbons (Fsp3) is 0.167. The van der Waals surface area contributed by atoms with E-state index in [1.165, 1.54) is 12.1 Å². The van der Waals surface area contributed by atoms with E-state index in [1.807, 2.05) is 0 Å². The van der Waals surface area contributed by atoms with E-state index in [0.29, 0.717) is 11.3 Å². The Hall–Kier alpha value is -1.86. The SMILES string of the molecule is Cc1cc(Cl)nc(NS(=O)(=O)c2c(C)cccc2N)n1. The first-order valence-electron chi connectivity index (χ1n) is 5.69. The van der Waals surface area contributed by atoms with Gasteiger partial charge in [0.1, 0.15) is 10.0 Å². The summed E-state index contributed by atoms with van der Waals surface area (Å²) in [6.45, 7) is 3.35. The van der Waals surface area contributed by atoms with Crippen molar-refractivity contribution >= 4 is 33.3 Å². The second-order valence-corrected chi connectivity index (χ2v) is 6.26. The summed E-state index contributed by atoms with van der Waals surface area (Å²) in [6.07, 6.45) is 0. The Morgan fingerprint density at radius 2 is 1.95 bits per heavy atom. The summed E-state index contributed by atoms with van der Waals surface area (Å²) in [5, 5.41) is 0.160. The molecule has 0 saturated carbocycles. The number of anilines is 2. The van der Waals surface area contributed by atoms with Crippen molar-refractivity contribution in [1.82, 2.24) is 9.97 Å². The number of nitrogens with zero attached hydrogens (tertiary/aromatic N) is 2. The van der Waals surface area contributed by atoms with Gasteiger partial charge in [-0.25, -0.2) is 23.1 Å². The lowest BCUT2D eigenvalue weighted by Crippen LogP contribution is -2.18. The van der Waals surface area contributed by atoms with Crippen LogP contribution in [0, 0.1) is 13.8 Å². The van der Waals surface area contributed by atoms with Crippen LogP contribution in [0.3, 0.4) is 0 Å². The quantitative estimate of drug-likeness (QED) is 0.668. The number of rotatable bonds is 3. The van der Waals surface area contributed by atoms with E-state index in [0.717, 1.165) is 0 Å². The molecular weight excluding hydrogens is 300 g/mol. The van der Waals surface area contributed by atoms with Crippen LogP contribution in [0.1, 0.15) is 11.3 Å². The summed E-state index contributed by atoms with van der Waals surface area (Å²) < 4.78 is 27.0. The molecule has 6 nitrogen and oxygen atoms in total. The van der Waals surface area contributed by atoms with E-state index >= 15 is 0 Å². The molecule has 2 aromatic rings. The second-order valence-electron chi connectivity index (χ2n) is 4.25. The Labute approximate surface area is 122 Å². The lowest BCUT2D eigenvalue weighted by molar-refractivity contribution is 0.600. The molecule has 0 aliphatic rings. The van der Waals surface area contributed by atoms with Crippen molar-refractivity contribution in [3.8, 4) is 0 Å². The van der Waals surface area contributed by atoms with Gasteiger partial charge < -0.3 is 5.73 Å². The number of sulfonamides is 1. The average Bonchev–Trinajstić information content (AvgIpc) is 2.25. The highest BCUT2D eigenvalue weighted by atomic mass is 35.5. The number of nitrogens with two attached hydrogens (primary N) is 1. The first-order chi connectivity index (χ1) is 9.29. The molecule has 0 aliphatic heterocycles. The molecule has 1 aromatic carbocycles. The zero-order valence-corrected chi connectivity index (χ0v) is 12.5. The molecule has 0 unspecified atom stereocenters. The largest absolute Gasteiger partial charge is 0.398 e. The van der Waals surface area contributed by atoms with Crippen LogP contribution in [0.15, 0.2) is 29.2 Å². The maximum atomic E-state index is 12.4. The van der Waals surface area contributed by atoms with Gasteiger partial charge in [0, 0.05) is 5.69 Å². The molecule has 3 N–H and O–H groups in total. The van der Waals surface area contributed by atoms with E-state index in [1.54, 1.807) is 26.0 Å². The third-order valence-electron chi connectivity index (χ3n) is 2.56. The van der Waals surface area contributed by atoms with Crippen molar-refractivity contribution in [3.63, 3.8) is 0 Å². The number of nitrogen functional groups attached to an aromatic ring is 1. The minimum absolute atomic E-state index is 0.0150. The molecule has 8 heteroatoms. The van der Waals surface area contributed by atoms with Gasteiger partial charge in [0.2, 0.25) is 5.95 Å². The number of aromatic nitrogens is 2. The molecule has 20 heavy (non-hydrogen) atoms. The normalized spacial score (nSPS) is 11.3. The summed E-state index contributed by atoms with van der Waals surface area (Å²) in [7, 11) is -3.87. The number of hydrogen-bond donors (Lipinski definition) is 2. The Morgan fingerprint density at radius 1 is 1.25 bits per heavy atom. The maximum absolute atomic E-state index is 12.4. The molecule has 106 valence electrons. The van der Waals surface area contributed by atoms with Crippen LogP contribution < -0.4 is 10.5 Å². The number of halogens is 1. The van der Waals surface area contributed by atoms with E-state index in [-0.39, 0.29) is 21.7 Å². The smallest absolute Gasteiger partial charge is 0.266 e. The Morgan fingerprint density at radius 3 is 2.55 bits per heavy atom. The monoisotopic (exact) mass is 312 g/mol. The van der Waals surface area contributed by atoms with Crippen molar-refractivity contribution in [3.05, 3.63) is 40.7 Å². The Balaban J connectivity index is 2.46. The van der Waals surface area contributed by atoms with Gasteiger partial charge in [-0.3, -0.25) is 0 Å². The summed E-state index contributed by atoms with van der Waals surface area (Å²) >= 11 is 5.78. The van der Waals surface area contributed by atoms with Gasteiger partial charge in [-0.05, 0) is 31.5 Å². The highest BCUT2D eigenvalue weighted by Gasteiger charge is 2.21. The molecule has 0 amide bonds. The fourth-order valence-corrected chi connectivity index (χ4v) is 3.33. The van der Waals surface area contributed by atoms with Gasteiger partial charge >= 0.3 is 0 Å². The Kier molecular flexibility index (Phi) is 3.82. The van der Waals surface area contributed by atoms with E-state index < -0.39 is 10.0 Å². The lowest BCUT2D eigenvalue weighted by atomic mass is 10.2. The zero-order valence-electron chi connectivity index (χ0n) is 10.9. The molecule has 0 saturated heterocycles. The minimum atomic E-state index is -3.87. The Bertz CT molecular complexity index is 722. The van der Waals surface area contributed by atoms with E-state index in [2.05, 4.69) is 14.7 Å². The van der Waals surface area contributed by atoms with Crippen LogP contribution >= 0.6 is 11.6 Å². The highest BCUT2D eigenvalue weighted by Crippen LogP contribution is 2.24. The average molecular weight is 313 g/mol. The third-order valence-corrected chi connectivity index (χ3v) is 4.30. The molecule has 1 aromatic heterocycles. The van der Waals surface area contributed by atoms with Crippen molar-refractivity contribution in [2.24, 2.45) is 0 Å². The second kappa shape index (κ2) is 5.26. The number of hydrogen-bond acceptors (Lipinski definition) is 5. The van der Waals surface area contributed by atoms with E-state index in [9.17, 15) is 8.42 Å². The molecule has 2 rings (SSSR count). The van der Waals surface area contributed by atoms with Gasteiger partial charge in [0.05, 0.1) is 5.69 Å². The van der Waals surface area contributed by atoms with Crippen LogP contribution in [-0.2, 0) is 10.0 Å². The predicted octanol–water partition coefficient (Wildman–Crippen LogP) is 2.13. The molecule has 0 fully saturated rings. The molecular formula is C12H13ClN4O2S. The zero-order chi connectivity index (χ0) is 14.9. The van der Waals surface area contributed by atoms with Gasteiger partial charge in [-0.15, -0.1) is 0 Å². The van der Waals surface area contributed by atoms with Crippen LogP contribution in [0.5, 0.6) is 0 Å². The van der Waals surface area contributed by atoms with Crippen LogP contribution in [0.4, 0.5) is 11.6 Å². The number of nitrogens with one attached hydrogen (secondary N) is 1. The van der Waals surface area contributed by atoms with E-state index in [4.69, 9.17) is 17.3 Å². The summed E-state index contributed by atoms with van der Waals surface area (Å²) in [5.74, 6) is -0.0855. The topological polar surface area (TPSA) is 98.0 Å². The number of benzene rings is 1. The van der Waals surface area contributed by atoms with Gasteiger partial charge in [0.15, 0.2) is 0 Å². The van der Waals surface area contributed by atoms with Gasteiger partial charge in [-0.1, -0.05) is 23.7 Å². The van der Waals surface area contributed by atoms with Gasteiger partial charge in [0.25, 0.3) is 10.0 Å². The summed E-state index contributed by atoms with van der Waals surface area (Å²) in [4.78, 5) is 7.82. The first-order valence-corrected chi connectivity index (χ1v) is 7.55. The molecule has 0 spiro atoms. The fourth-order valence-electron chi connectivity index (χ4n) is 1.79. The molecule has 0 atom stereocenters. The summed E-state index contributed by atoms with van der Waals surface area (Å²) in [5.41, 5.74) is 6.99. The molecule has 0 radical (unpaired) electrons.